The molecule has 1 aromatic carbocycles. The van der Waals surface area contributed by atoms with Gasteiger partial charge in [0.1, 0.15) is 0 Å². The molecule has 120 valence electrons. The number of aliphatic carboxylic acids is 1. The lowest BCUT2D eigenvalue weighted by Crippen LogP contribution is -2.27. The SMILES string of the molecule is O=C(O)CCCNC(=O)CSCC(=O)Nc1ccc(Cl)cc1. The van der Waals surface area contributed by atoms with Crippen molar-refractivity contribution in [2.24, 2.45) is 0 Å². The highest BCUT2D eigenvalue weighted by molar-refractivity contribution is 8.00. The molecular formula is C14H17ClN2O4S. The molecule has 8 heteroatoms. The molecule has 0 aliphatic rings. The van der Waals surface area contributed by atoms with Crippen LogP contribution in [0.2, 0.25) is 5.02 Å². The number of carboxylic acid groups (broad SMARTS) is 1. The molecule has 22 heavy (non-hydrogen) atoms. The minimum absolute atomic E-state index is 0.0247. The van der Waals surface area contributed by atoms with E-state index in [9.17, 15) is 14.4 Å². The number of benzene rings is 1. The Bertz CT molecular complexity index is 522. The van der Waals surface area contributed by atoms with E-state index in [4.69, 9.17) is 16.7 Å². The van der Waals surface area contributed by atoms with Crippen LogP contribution in [0.4, 0.5) is 5.69 Å². The molecule has 0 unspecified atom stereocenters. The normalized spacial score (nSPS) is 10.0. The minimum atomic E-state index is -0.887. The molecule has 0 saturated heterocycles. The zero-order valence-electron chi connectivity index (χ0n) is 11.8. The number of carboxylic acids is 1. The van der Waals surface area contributed by atoms with Crippen molar-refractivity contribution in [2.75, 3.05) is 23.4 Å². The molecule has 0 radical (unpaired) electrons. The lowest BCUT2D eigenvalue weighted by atomic mass is 10.3. The number of nitrogens with one attached hydrogen (secondary N) is 2. The first-order chi connectivity index (χ1) is 10.5. The third kappa shape index (κ3) is 8.53. The van der Waals surface area contributed by atoms with Crippen LogP contribution in [0.15, 0.2) is 24.3 Å². The average molecular weight is 345 g/mol. The fourth-order valence-corrected chi connectivity index (χ4v) is 2.26. The highest BCUT2D eigenvalue weighted by Crippen LogP contribution is 2.13. The summed E-state index contributed by atoms with van der Waals surface area (Å²) in [5.74, 6) is -0.991. The Kier molecular flexibility index (Phi) is 8.39. The smallest absolute Gasteiger partial charge is 0.303 e. The summed E-state index contributed by atoms with van der Waals surface area (Å²) in [6.07, 6.45) is 0.416. The first kappa shape index (κ1) is 18.3. The van der Waals surface area contributed by atoms with Crippen molar-refractivity contribution >= 4 is 46.8 Å². The van der Waals surface area contributed by atoms with Gasteiger partial charge in [-0.3, -0.25) is 14.4 Å². The summed E-state index contributed by atoms with van der Waals surface area (Å²) in [7, 11) is 0. The maximum absolute atomic E-state index is 11.7. The van der Waals surface area contributed by atoms with Crippen molar-refractivity contribution in [3.63, 3.8) is 0 Å². The number of hydrogen-bond donors (Lipinski definition) is 3. The van der Waals surface area contributed by atoms with Crippen molar-refractivity contribution in [1.29, 1.82) is 0 Å². The summed E-state index contributed by atoms with van der Waals surface area (Å²) >= 11 is 6.93. The molecule has 0 bridgehead atoms. The molecule has 1 aromatic rings. The van der Waals surface area contributed by atoms with E-state index in [0.717, 1.165) is 0 Å². The molecule has 0 aliphatic heterocycles. The van der Waals surface area contributed by atoms with E-state index in [1.165, 1.54) is 11.8 Å². The summed E-state index contributed by atoms with van der Waals surface area (Å²) in [5.41, 5.74) is 0.646. The van der Waals surface area contributed by atoms with Gasteiger partial charge in [0.2, 0.25) is 11.8 Å². The Morgan fingerprint density at radius 2 is 1.73 bits per heavy atom. The van der Waals surface area contributed by atoms with Gasteiger partial charge in [0.05, 0.1) is 11.5 Å². The van der Waals surface area contributed by atoms with Gasteiger partial charge in [-0.15, -0.1) is 11.8 Å². The van der Waals surface area contributed by atoms with Crippen LogP contribution < -0.4 is 10.6 Å². The fourth-order valence-electron chi connectivity index (χ4n) is 1.49. The van der Waals surface area contributed by atoms with E-state index in [0.29, 0.717) is 23.7 Å². The Balaban J connectivity index is 2.12. The third-order valence-electron chi connectivity index (χ3n) is 2.48. The van der Waals surface area contributed by atoms with Crippen LogP contribution in [0.5, 0.6) is 0 Å². The molecule has 0 aliphatic carbocycles. The number of rotatable bonds is 9. The Morgan fingerprint density at radius 1 is 1.09 bits per heavy atom. The third-order valence-corrected chi connectivity index (χ3v) is 3.67. The molecule has 6 nitrogen and oxygen atoms in total. The summed E-state index contributed by atoms with van der Waals surface area (Å²) in [4.78, 5) is 33.4. The van der Waals surface area contributed by atoms with E-state index in [-0.39, 0.29) is 29.7 Å². The monoisotopic (exact) mass is 344 g/mol. The topological polar surface area (TPSA) is 95.5 Å². The van der Waals surface area contributed by atoms with Crippen LogP contribution in [0.25, 0.3) is 0 Å². The van der Waals surface area contributed by atoms with Gasteiger partial charge in [0.25, 0.3) is 0 Å². The molecule has 3 N–H and O–H groups in total. The van der Waals surface area contributed by atoms with Gasteiger partial charge in [-0.2, -0.15) is 0 Å². The number of halogens is 1. The van der Waals surface area contributed by atoms with E-state index in [2.05, 4.69) is 10.6 Å². The highest BCUT2D eigenvalue weighted by Gasteiger charge is 2.06. The molecule has 0 spiro atoms. The zero-order chi connectivity index (χ0) is 16.4. The fraction of sp³-hybridized carbons (Fsp3) is 0.357. The molecule has 0 fully saturated rings. The van der Waals surface area contributed by atoms with Crippen molar-refractivity contribution in [3.8, 4) is 0 Å². The summed E-state index contributed by atoms with van der Waals surface area (Å²) < 4.78 is 0. The van der Waals surface area contributed by atoms with Crippen LogP contribution >= 0.6 is 23.4 Å². The van der Waals surface area contributed by atoms with Gasteiger partial charge in [-0.1, -0.05) is 11.6 Å². The van der Waals surface area contributed by atoms with E-state index in [1.54, 1.807) is 24.3 Å². The van der Waals surface area contributed by atoms with E-state index >= 15 is 0 Å². The Hall–Kier alpha value is -1.73. The van der Waals surface area contributed by atoms with Crippen LogP contribution in [-0.2, 0) is 14.4 Å². The maximum Gasteiger partial charge on any atom is 0.303 e. The van der Waals surface area contributed by atoms with Gasteiger partial charge < -0.3 is 15.7 Å². The second-order valence-electron chi connectivity index (χ2n) is 4.40. The second kappa shape index (κ2) is 10.1. The first-order valence-electron chi connectivity index (χ1n) is 6.59. The van der Waals surface area contributed by atoms with Gasteiger partial charge >= 0.3 is 5.97 Å². The van der Waals surface area contributed by atoms with Crippen LogP contribution in [0, 0.1) is 0 Å². The molecular weight excluding hydrogens is 328 g/mol. The summed E-state index contributed by atoms with van der Waals surface area (Å²) in [5, 5.41) is 14.3. The van der Waals surface area contributed by atoms with Crippen molar-refractivity contribution in [1.82, 2.24) is 5.32 Å². The standard InChI is InChI=1S/C14H17ClN2O4S/c15-10-3-5-11(6-4-10)17-13(19)9-22-8-12(18)16-7-1-2-14(20)21/h3-6H,1-2,7-9H2,(H,16,18)(H,17,19)(H,20,21). The van der Waals surface area contributed by atoms with Gasteiger partial charge in [-0.05, 0) is 30.7 Å². The Labute approximate surface area is 137 Å². The number of carbonyl (C=O) groups is 3. The summed E-state index contributed by atoms with van der Waals surface area (Å²) in [6, 6.07) is 6.74. The average Bonchev–Trinajstić information content (AvgIpc) is 2.46. The lowest BCUT2D eigenvalue weighted by molar-refractivity contribution is -0.137. The number of anilines is 1. The summed E-state index contributed by atoms with van der Waals surface area (Å²) in [6.45, 7) is 0.322. The van der Waals surface area contributed by atoms with Gasteiger partial charge in [0, 0.05) is 23.7 Å². The minimum Gasteiger partial charge on any atom is -0.481 e. The highest BCUT2D eigenvalue weighted by atomic mass is 35.5. The molecule has 0 aromatic heterocycles. The van der Waals surface area contributed by atoms with Crippen LogP contribution in [-0.4, -0.2) is 40.9 Å². The van der Waals surface area contributed by atoms with Gasteiger partial charge in [-0.25, -0.2) is 0 Å². The predicted octanol–water partition coefficient (Wildman–Crippen LogP) is 1.99. The van der Waals surface area contributed by atoms with Crippen molar-refractivity contribution < 1.29 is 19.5 Å². The van der Waals surface area contributed by atoms with Crippen molar-refractivity contribution in [2.45, 2.75) is 12.8 Å². The predicted molar refractivity (Wildman–Crippen MR) is 87.3 cm³/mol. The molecule has 1 rings (SSSR count). The number of hydrogen-bond acceptors (Lipinski definition) is 4. The number of carbonyl (C=O) groups excluding carboxylic acids is 2. The first-order valence-corrected chi connectivity index (χ1v) is 8.12. The largest absolute Gasteiger partial charge is 0.481 e. The molecule has 0 atom stereocenters. The van der Waals surface area contributed by atoms with Crippen LogP contribution in [0.3, 0.4) is 0 Å². The van der Waals surface area contributed by atoms with Crippen molar-refractivity contribution in [3.05, 3.63) is 29.3 Å². The zero-order valence-corrected chi connectivity index (χ0v) is 13.4. The van der Waals surface area contributed by atoms with Gasteiger partial charge in [0.15, 0.2) is 0 Å². The Morgan fingerprint density at radius 3 is 2.36 bits per heavy atom. The lowest BCUT2D eigenvalue weighted by Gasteiger charge is -2.06. The second-order valence-corrected chi connectivity index (χ2v) is 5.82. The van der Waals surface area contributed by atoms with E-state index in [1.807, 2.05) is 0 Å². The maximum atomic E-state index is 11.7. The quantitative estimate of drug-likeness (QED) is 0.595. The van der Waals surface area contributed by atoms with E-state index < -0.39 is 5.97 Å². The van der Waals surface area contributed by atoms with Crippen LogP contribution in [0.1, 0.15) is 12.8 Å². The molecule has 0 heterocycles. The number of thioether (sulfide) groups is 1. The molecule has 2 amide bonds. The molecule has 0 saturated carbocycles. The number of amides is 2.